The Kier molecular flexibility index (Phi) is 6.25. The highest BCUT2D eigenvalue weighted by Gasteiger charge is 2.37. The summed E-state index contributed by atoms with van der Waals surface area (Å²) in [7, 11) is 0. The second kappa shape index (κ2) is 9.03. The maximum atomic E-state index is 14.6. The van der Waals surface area contributed by atoms with Crippen LogP contribution in [0.4, 0.5) is 23.2 Å². The number of primary amides is 1. The van der Waals surface area contributed by atoms with Gasteiger partial charge >= 0.3 is 6.18 Å². The molecule has 0 aliphatic rings. The fourth-order valence-corrected chi connectivity index (χ4v) is 3.45. The van der Waals surface area contributed by atoms with Gasteiger partial charge in [-0.2, -0.15) is 13.2 Å². The molecule has 0 aliphatic carbocycles. The van der Waals surface area contributed by atoms with Crippen molar-refractivity contribution >= 4 is 45.0 Å². The number of benzene rings is 1. The van der Waals surface area contributed by atoms with Crippen LogP contribution in [0.5, 0.6) is 0 Å². The van der Waals surface area contributed by atoms with Crippen molar-refractivity contribution in [2.75, 3.05) is 5.32 Å². The molecule has 4 aromatic rings. The molecular formula is C18H9BrClF4N9O2. The SMILES string of the molecule is NC(=O)c1cc(Br)cc(F)c1NC(=O)c1cc(-n2nnc(C(F)(F)F)n2)nn1-c1ncccc1Cl. The Balaban J connectivity index is 1.83. The van der Waals surface area contributed by atoms with Gasteiger partial charge in [-0.05, 0) is 29.5 Å². The lowest BCUT2D eigenvalue weighted by molar-refractivity contribution is -0.145. The number of carbonyl (C=O) groups excluding carboxylic acids is 2. The standard InChI is InChI=1S/C18H9BrClF4N9O2/c19-7-4-8(14(25)34)13(10(21)5-7)27-16(35)11-6-12(33-30-17(28-31-33)18(22,23)24)29-32(11)15-9(20)2-1-3-26-15/h1-6H,(H2,25,34)(H,27,35). The summed E-state index contributed by atoms with van der Waals surface area (Å²) in [6.45, 7) is 0. The number of anilines is 1. The second-order valence-corrected chi connectivity index (χ2v) is 7.96. The molecule has 0 fully saturated rings. The quantitative estimate of drug-likeness (QED) is 0.348. The third-order valence-electron chi connectivity index (χ3n) is 4.30. The van der Waals surface area contributed by atoms with Crippen molar-refractivity contribution < 1.29 is 27.2 Å². The van der Waals surface area contributed by atoms with Crippen LogP contribution < -0.4 is 11.1 Å². The molecule has 1 aromatic carbocycles. The summed E-state index contributed by atoms with van der Waals surface area (Å²) in [5.74, 6) is -5.06. The van der Waals surface area contributed by atoms with Gasteiger partial charge in [-0.1, -0.05) is 27.5 Å². The Hall–Kier alpha value is -3.92. The molecule has 0 atom stereocenters. The van der Waals surface area contributed by atoms with E-state index in [2.05, 4.69) is 46.7 Å². The monoisotopic (exact) mass is 573 g/mol. The van der Waals surface area contributed by atoms with Crippen LogP contribution in [0.1, 0.15) is 26.7 Å². The third kappa shape index (κ3) is 4.83. The highest BCUT2D eigenvalue weighted by atomic mass is 79.9. The van der Waals surface area contributed by atoms with Gasteiger partial charge in [0.25, 0.3) is 17.6 Å². The zero-order valence-corrected chi connectivity index (χ0v) is 19.1. The van der Waals surface area contributed by atoms with Crippen molar-refractivity contribution in [2.45, 2.75) is 6.18 Å². The molecule has 0 spiro atoms. The van der Waals surface area contributed by atoms with E-state index in [-0.39, 0.29) is 32.4 Å². The average molecular weight is 575 g/mol. The smallest absolute Gasteiger partial charge is 0.366 e. The number of hydrogen-bond donors (Lipinski definition) is 2. The lowest BCUT2D eigenvalue weighted by Crippen LogP contribution is -2.22. The van der Waals surface area contributed by atoms with E-state index >= 15 is 0 Å². The van der Waals surface area contributed by atoms with Gasteiger partial charge in [0.2, 0.25) is 0 Å². The van der Waals surface area contributed by atoms with Crippen molar-refractivity contribution in [2.24, 2.45) is 5.73 Å². The largest absolute Gasteiger partial charge is 0.455 e. The van der Waals surface area contributed by atoms with Crippen LogP contribution in [0, 0.1) is 5.82 Å². The highest BCUT2D eigenvalue weighted by Crippen LogP contribution is 2.28. The second-order valence-electron chi connectivity index (χ2n) is 6.64. The Labute approximate surface area is 205 Å². The summed E-state index contributed by atoms with van der Waals surface area (Å²) in [6, 6.07) is 6.07. The van der Waals surface area contributed by atoms with Crippen LogP contribution in [0.2, 0.25) is 5.02 Å². The van der Waals surface area contributed by atoms with Gasteiger partial charge in [0, 0.05) is 16.7 Å². The first kappa shape index (κ1) is 24.2. The van der Waals surface area contributed by atoms with E-state index in [1.165, 1.54) is 24.4 Å². The summed E-state index contributed by atoms with van der Waals surface area (Å²) in [5.41, 5.74) is 4.03. The van der Waals surface area contributed by atoms with Crippen LogP contribution in [0.3, 0.4) is 0 Å². The van der Waals surface area contributed by atoms with Crippen molar-refractivity contribution in [3.05, 3.63) is 68.9 Å². The molecule has 17 heteroatoms. The molecule has 0 aliphatic heterocycles. The Morgan fingerprint density at radius 2 is 1.91 bits per heavy atom. The minimum atomic E-state index is -4.88. The summed E-state index contributed by atoms with van der Waals surface area (Å²) in [6.07, 6.45) is -3.56. The Morgan fingerprint density at radius 1 is 1.17 bits per heavy atom. The van der Waals surface area contributed by atoms with Gasteiger partial charge in [-0.15, -0.1) is 20.1 Å². The number of alkyl halides is 3. The van der Waals surface area contributed by atoms with Crippen LogP contribution in [0.25, 0.3) is 11.6 Å². The van der Waals surface area contributed by atoms with Crippen molar-refractivity contribution in [1.29, 1.82) is 0 Å². The maximum absolute atomic E-state index is 14.6. The summed E-state index contributed by atoms with van der Waals surface area (Å²) < 4.78 is 54.3. The number of amides is 2. The van der Waals surface area contributed by atoms with Crippen molar-refractivity contribution in [3.63, 3.8) is 0 Å². The van der Waals surface area contributed by atoms with Crippen LogP contribution in [-0.2, 0) is 6.18 Å². The van der Waals surface area contributed by atoms with Crippen LogP contribution >= 0.6 is 27.5 Å². The van der Waals surface area contributed by atoms with E-state index in [0.717, 1.165) is 16.8 Å². The predicted molar refractivity (Wildman–Crippen MR) is 115 cm³/mol. The lowest BCUT2D eigenvalue weighted by atomic mass is 10.1. The number of nitrogens with one attached hydrogen (secondary N) is 1. The Bertz CT molecular complexity index is 1470. The van der Waals surface area contributed by atoms with Gasteiger partial charge in [0.15, 0.2) is 11.6 Å². The molecule has 0 radical (unpaired) electrons. The third-order valence-corrected chi connectivity index (χ3v) is 5.05. The summed E-state index contributed by atoms with van der Waals surface area (Å²) >= 11 is 9.17. The molecule has 180 valence electrons. The number of hydrogen-bond acceptors (Lipinski definition) is 7. The molecule has 3 N–H and O–H groups in total. The van der Waals surface area contributed by atoms with Crippen LogP contribution in [-0.4, -0.2) is 46.8 Å². The molecule has 0 saturated heterocycles. The lowest BCUT2D eigenvalue weighted by Gasteiger charge is -2.12. The molecule has 3 heterocycles. The van der Waals surface area contributed by atoms with E-state index in [4.69, 9.17) is 17.3 Å². The van der Waals surface area contributed by atoms with E-state index in [9.17, 15) is 27.2 Å². The summed E-state index contributed by atoms with van der Waals surface area (Å²) in [4.78, 5) is 29.3. The predicted octanol–water partition coefficient (Wildman–Crippen LogP) is 3.17. The first-order valence-corrected chi connectivity index (χ1v) is 10.3. The van der Waals surface area contributed by atoms with Gasteiger partial charge in [0.05, 0.1) is 16.3 Å². The minimum Gasteiger partial charge on any atom is -0.366 e. The number of pyridine rings is 1. The number of nitrogens with zero attached hydrogens (tertiary/aromatic N) is 7. The van der Waals surface area contributed by atoms with Gasteiger partial charge < -0.3 is 11.1 Å². The molecule has 35 heavy (non-hydrogen) atoms. The fourth-order valence-electron chi connectivity index (χ4n) is 2.82. The van der Waals surface area contributed by atoms with E-state index < -0.39 is 35.3 Å². The number of aromatic nitrogens is 7. The van der Waals surface area contributed by atoms with Crippen LogP contribution in [0.15, 0.2) is 41.0 Å². The van der Waals surface area contributed by atoms with Crippen molar-refractivity contribution in [3.8, 4) is 11.6 Å². The normalized spacial score (nSPS) is 11.5. The van der Waals surface area contributed by atoms with E-state index in [0.29, 0.717) is 4.80 Å². The Morgan fingerprint density at radius 3 is 2.54 bits per heavy atom. The van der Waals surface area contributed by atoms with Gasteiger partial charge in [-0.25, -0.2) is 14.1 Å². The zero-order valence-electron chi connectivity index (χ0n) is 16.8. The number of carbonyl (C=O) groups is 2. The van der Waals surface area contributed by atoms with Gasteiger partial charge in [-0.3, -0.25) is 9.59 Å². The van der Waals surface area contributed by atoms with Crippen molar-refractivity contribution in [1.82, 2.24) is 35.0 Å². The zero-order chi connectivity index (χ0) is 25.5. The summed E-state index contributed by atoms with van der Waals surface area (Å²) in [5, 5.41) is 15.7. The van der Waals surface area contributed by atoms with Gasteiger partial charge in [0.1, 0.15) is 11.5 Å². The first-order chi connectivity index (χ1) is 16.5. The number of halogens is 6. The molecule has 0 saturated carbocycles. The fraction of sp³-hybridized carbons (Fsp3) is 0.0556. The number of rotatable bonds is 5. The molecule has 3 aromatic heterocycles. The molecule has 0 unspecified atom stereocenters. The average Bonchev–Trinajstić information content (AvgIpc) is 3.43. The minimum absolute atomic E-state index is 0.0198. The molecule has 0 bridgehead atoms. The maximum Gasteiger partial charge on any atom is 0.455 e. The molecule has 2 amide bonds. The van der Waals surface area contributed by atoms with E-state index in [1.807, 2.05) is 0 Å². The molecule has 11 nitrogen and oxygen atoms in total. The molecule has 4 rings (SSSR count). The molecular weight excluding hydrogens is 566 g/mol. The topological polar surface area (TPSA) is 146 Å². The highest BCUT2D eigenvalue weighted by molar-refractivity contribution is 9.10. The number of tetrazole rings is 1. The number of nitrogens with two attached hydrogens (primary N) is 1. The first-order valence-electron chi connectivity index (χ1n) is 9.14. The van der Waals surface area contributed by atoms with E-state index in [1.54, 1.807) is 0 Å².